The highest BCUT2D eigenvalue weighted by molar-refractivity contribution is 7.14. The third kappa shape index (κ3) is 5.83. The fourth-order valence-corrected chi connectivity index (χ4v) is 5.13. The molecule has 1 saturated carbocycles. The van der Waals surface area contributed by atoms with E-state index in [1.807, 2.05) is 0 Å². The molecule has 4 rings (SSSR count). The first-order valence-electron chi connectivity index (χ1n) is 11.2. The van der Waals surface area contributed by atoms with Crippen LogP contribution in [0.4, 0.5) is 5.13 Å². The zero-order chi connectivity index (χ0) is 21.5. The van der Waals surface area contributed by atoms with Gasteiger partial charge in [0, 0.05) is 24.6 Å². The molecule has 1 amide bonds. The lowest BCUT2D eigenvalue weighted by molar-refractivity contribution is -0.122. The van der Waals surface area contributed by atoms with Gasteiger partial charge in [-0.2, -0.15) is 0 Å². The molecule has 1 aliphatic rings. The topological polar surface area (TPSA) is 63.2 Å². The summed E-state index contributed by atoms with van der Waals surface area (Å²) in [5, 5.41) is 11.7. The molecule has 3 aromatic rings. The SMILES string of the molecule is COCCNC(=O)[C@H](CC1CCCCC1)Nc1nc(-c2ccc3ccccc3c2)cs1. The van der Waals surface area contributed by atoms with Crippen molar-refractivity contribution >= 4 is 33.1 Å². The quantitative estimate of drug-likeness (QED) is 0.435. The van der Waals surface area contributed by atoms with Gasteiger partial charge in [0.1, 0.15) is 6.04 Å². The van der Waals surface area contributed by atoms with E-state index >= 15 is 0 Å². The maximum Gasteiger partial charge on any atom is 0.242 e. The summed E-state index contributed by atoms with van der Waals surface area (Å²) in [6.45, 7) is 1.05. The van der Waals surface area contributed by atoms with E-state index in [0.717, 1.165) is 22.8 Å². The number of carbonyl (C=O) groups excluding carboxylic acids is 1. The normalized spacial score (nSPS) is 15.6. The number of fused-ring (bicyclic) bond motifs is 1. The summed E-state index contributed by atoms with van der Waals surface area (Å²) in [4.78, 5) is 17.7. The Morgan fingerprint density at radius 3 is 2.77 bits per heavy atom. The molecular formula is C25H31N3O2S. The number of thiazole rings is 1. The second-order valence-electron chi connectivity index (χ2n) is 8.32. The van der Waals surface area contributed by atoms with Gasteiger partial charge in [-0.3, -0.25) is 4.79 Å². The monoisotopic (exact) mass is 437 g/mol. The van der Waals surface area contributed by atoms with E-state index in [-0.39, 0.29) is 11.9 Å². The number of nitrogens with zero attached hydrogens (tertiary/aromatic N) is 1. The van der Waals surface area contributed by atoms with Gasteiger partial charge in [0.25, 0.3) is 0 Å². The predicted molar refractivity (Wildman–Crippen MR) is 129 cm³/mol. The molecule has 1 heterocycles. The molecule has 0 bridgehead atoms. The fourth-order valence-electron chi connectivity index (χ4n) is 4.36. The van der Waals surface area contributed by atoms with Crippen molar-refractivity contribution in [3.05, 3.63) is 47.8 Å². The Kier molecular flexibility index (Phi) is 7.54. The van der Waals surface area contributed by atoms with Gasteiger partial charge < -0.3 is 15.4 Å². The van der Waals surface area contributed by atoms with Crippen LogP contribution in [0.1, 0.15) is 38.5 Å². The van der Waals surface area contributed by atoms with Gasteiger partial charge in [0.15, 0.2) is 5.13 Å². The molecule has 5 nitrogen and oxygen atoms in total. The summed E-state index contributed by atoms with van der Waals surface area (Å²) in [6, 6.07) is 14.5. The molecule has 0 spiro atoms. The molecule has 1 aliphatic carbocycles. The van der Waals surface area contributed by atoms with Crippen LogP contribution in [0.3, 0.4) is 0 Å². The molecule has 0 saturated heterocycles. The van der Waals surface area contributed by atoms with Crippen molar-refractivity contribution in [2.24, 2.45) is 5.92 Å². The van der Waals surface area contributed by atoms with Gasteiger partial charge in [-0.1, -0.05) is 68.5 Å². The van der Waals surface area contributed by atoms with Gasteiger partial charge in [0.2, 0.25) is 5.91 Å². The van der Waals surface area contributed by atoms with Crippen molar-refractivity contribution in [2.75, 3.05) is 25.6 Å². The van der Waals surface area contributed by atoms with Crippen LogP contribution in [0.15, 0.2) is 47.8 Å². The number of carbonyl (C=O) groups is 1. The van der Waals surface area contributed by atoms with Crippen LogP contribution in [0.25, 0.3) is 22.0 Å². The van der Waals surface area contributed by atoms with Crippen LogP contribution in [0, 0.1) is 5.92 Å². The van der Waals surface area contributed by atoms with Gasteiger partial charge in [-0.15, -0.1) is 11.3 Å². The number of rotatable bonds is 9. The minimum atomic E-state index is -0.268. The zero-order valence-electron chi connectivity index (χ0n) is 18.1. The molecule has 0 radical (unpaired) electrons. The van der Waals surface area contributed by atoms with Crippen molar-refractivity contribution < 1.29 is 9.53 Å². The van der Waals surface area contributed by atoms with Gasteiger partial charge in [-0.25, -0.2) is 4.98 Å². The van der Waals surface area contributed by atoms with Crippen LogP contribution in [0.2, 0.25) is 0 Å². The molecular weight excluding hydrogens is 406 g/mol. The molecule has 1 aromatic heterocycles. The third-order valence-corrected chi connectivity index (χ3v) is 6.84. The summed E-state index contributed by atoms with van der Waals surface area (Å²) < 4.78 is 5.08. The number of methoxy groups -OCH3 is 1. The van der Waals surface area contributed by atoms with Crippen molar-refractivity contribution in [1.29, 1.82) is 0 Å². The first-order valence-corrected chi connectivity index (χ1v) is 12.1. The fraction of sp³-hybridized carbons (Fsp3) is 0.440. The van der Waals surface area contributed by atoms with E-state index in [1.54, 1.807) is 18.4 Å². The Hall–Kier alpha value is -2.44. The Morgan fingerprint density at radius 1 is 1.16 bits per heavy atom. The highest BCUT2D eigenvalue weighted by Gasteiger charge is 2.25. The minimum absolute atomic E-state index is 0.0325. The number of aromatic nitrogens is 1. The number of ether oxygens (including phenoxy) is 1. The number of nitrogens with one attached hydrogen (secondary N) is 2. The van der Waals surface area contributed by atoms with Crippen LogP contribution in [-0.2, 0) is 9.53 Å². The Bertz CT molecular complexity index is 997. The van der Waals surface area contributed by atoms with E-state index in [9.17, 15) is 4.79 Å². The molecule has 1 atom stereocenters. The van der Waals surface area contributed by atoms with E-state index in [4.69, 9.17) is 9.72 Å². The Morgan fingerprint density at radius 2 is 1.97 bits per heavy atom. The van der Waals surface area contributed by atoms with Crippen molar-refractivity contribution in [3.63, 3.8) is 0 Å². The summed E-state index contributed by atoms with van der Waals surface area (Å²) in [7, 11) is 1.65. The molecule has 164 valence electrons. The minimum Gasteiger partial charge on any atom is -0.383 e. The van der Waals surface area contributed by atoms with Crippen LogP contribution < -0.4 is 10.6 Å². The van der Waals surface area contributed by atoms with E-state index in [1.165, 1.54) is 42.9 Å². The average Bonchev–Trinajstić information content (AvgIpc) is 3.28. The number of benzene rings is 2. The standard InChI is InChI=1S/C25H31N3O2S/c1-30-14-13-26-24(29)22(15-18-7-3-2-4-8-18)27-25-28-23(17-31-25)21-12-11-19-9-5-6-10-20(19)16-21/h5-6,9-12,16-18,22H,2-4,7-8,13-15H2,1H3,(H,26,29)(H,27,28)/t22-/m0/s1. The first-order chi connectivity index (χ1) is 15.2. The van der Waals surface area contributed by atoms with Crippen molar-refractivity contribution in [1.82, 2.24) is 10.3 Å². The molecule has 1 fully saturated rings. The van der Waals surface area contributed by atoms with Crippen LogP contribution in [-0.4, -0.2) is 37.2 Å². The van der Waals surface area contributed by atoms with Crippen LogP contribution >= 0.6 is 11.3 Å². The molecule has 31 heavy (non-hydrogen) atoms. The highest BCUT2D eigenvalue weighted by atomic mass is 32.1. The Labute approximate surface area is 188 Å². The molecule has 2 aromatic carbocycles. The number of hydrogen-bond acceptors (Lipinski definition) is 5. The maximum absolute atomic E-state index is 12.9. The van der Waals surface area contributed by atoms with E-state index in [0.29, 0.717) is 19.1 Å². The number of amides is 1. The molecule has 0 unspecified atom stereocenters. The predicted octanol–water partition coefficient (Wildman–Crippen LogP) is 5.48. The molecule has 6 heteroatoms. The Balaban J connectivity index is 1.47. The number of hydrogen-bond donors (Lipinski definition) is 2. The van der Waals surface area contributed by atoms with Crippen molar-refractivity contribution in [2.45, 2.75) is 44.6 Å². The highest BCUT2D eigenvalue weighted by Crippen LogP contribution is 2.31. The molecule has 2 N–H and O–H groups in total. The van der Waals surface area contributed by atoms with Gasteiger partial charge in [0.05, 0.1) is 12.3 Å². The molecule has 0 aliphatic heterocycles. The lowest BCUT2D eigenvalue weighted by Gasteiger charge is -2.26. The second-order valence-corrected chi connectivity index (χ2v) is 9.18. The largest absolute Gasteiger partial charge is 0.383 e. The zero-order valence-corrected chi connectivity index (χ0v) is 18.9. The first kappa shape index (κ1) is 21.8. The number of anilines is 1. The van der Waals surface area contributed by atoms with Gasteiger partial charge >= 0.3 is 0 Å². The van der Waals surface area contributed by atoms with E-state index < -0.39 is 0 Å². The average molecular weight is 438 g/mol. The van der Waals surface area contributed by atoms with Crippen molar-refractivity contribution in [3.8, 4) is 11.3 Å². The maximum atomic E-state index is 12.9. The van der Waals surface area contributed by atoms with E-state index in [2.05, 4.69) is 58.5 Å². The smallest absolute Gasteiger partial charge is 0.242 e. The third-order valence-electron chi connectivity index (χ3n) is 6.06. The summed E-state index contributed by atoms with van der Waals surface area (Å²) >= 11 is 1.56. The lowest BCUT2D eigenvalue weighted by atomic mass is 9.84. The summed E-state index contributed by atoms with van der Waals surface area (Å²) in [5.74, 6) is 0.629. The summed E-state index contributed by atoms with van der Waals surface area (Å²) in [6.07, 6.45) is 7.13. The lowest BCUT2D eigenvalue weighted by Crippen LogP contribution is -2.42. The summed E-state index contributed by atoms with van der Waals surface area (Å²) in [5.41, 5.74) is 2.03. The second kappa shape index (κ2) is 10.7. The van der Waals surface area contributed by atoms with Crippen LogP contribution in [0.5, 0.6) is 0 Å². The van der Waals surface area contributed by atoms with Gasteiger partial charge in [-0.05, 0) is 29.2 Å².